The maximum atomic E-state index is 13.7. The van der Waals surface area contributed by atoms with Crippen molar-refractivity contribution in [2.75, 3.05) is 4.90 Å². The second-order valence-electron chi connectivity index (χ2n) is 6.91. The van der Waals surface area contributed by atoms with E-state index in [1.165, 1.54) is 0 Å². The number of carbonyl (C=O) groups excluding carboxylic acids is 1. The molecule has 0 bridgehead atoms. The monoisotopic (exact) mass is 499 g/mol. The predicted octanol–water partition coefficient (Wildman–Crippen LogP) is 5.78. The number of nitrogens with zero attached hydrogens (tertiary/aromatic N) is 1. The van der Waals surface area contributed by atoms with Crippen molar-refractivity contribution in [1.82, 2.24) is 0 Å². The van der Waals surface area contributed by atoms with Gasteiger partial charge in [-0.25, -0.2) is 0 Å². The summed E-state index contributed by atoms with van der Waals surface area (Å²) in [6, 6.07) is 24.7. The van der Waals surface area contributed by atoms with E-state index >= 15 is 0 Å². The number of ketones is 1. The molecule has 3 aromatic carbocycles. The van der Waals surface area contributed by atoms with E-state index in [1.807, 2.05) is 83.8 Å². The van der Waals surface area contributed by atoms with Gasteiger partial charge in [-0.15, -0.1) is 0 Å². The summed E-state index contributed by atoms with van der Waals surface area (Å²) in [5.41, 5.74) is 2.52. The number of hydrogen-bond acceptors (Lipinski definition) is 3. The molecule has 28 heavy (non-hydrogen) atoms. The smallest absolute Gasteiger partial charge is 0.187 e. The molecular formula is C23H19Br2NO2. The topological polar surface area (TPSA) is 40.5 Å². The summed E-state index contributed by atoms with van der Waals surface area (Å²) in [5.74, 6) is -0.0970. The zero-order valence-corrected chi connectivity index (χ0v) is 18.2. The lowest BCUT2D eigenvalue weighted by molar-refractivity contribution is 0.0945. The van der Waals surface area contributed by atoms with Crippen LogP contribution in [-0.4, -0.2) is 23.2 Å². The fourth-order valence-corrected chi connectivity index (χ4v) is 4.69. The van der Waals surface area contributed by atoms with Gasteiger partial charge in [-0.3, -0.25) is 4.79 Å². The first-order valence-electron chi connectivity index (χ1n) is 9.12. The third-order valence-corrected chi connectivity index (χ3v) is 6.45. The SMILES string of the molecule is O=C(c1ccccc1Br)[C@H]1[C@H](c2ccccc2)C[C@@H](O)N1c1ccc(Br)cc1. The first-order chi connectivity index (χ1) is 13.6. The molecule has 1 heterocycles. The number of rotatable bonds is 4. The third-order valence-electron chi connectivity index (χ3n) is 5.23. The molecular weight excluding hydrogens is 482 g/mol. The maximum absolute atomic E-state index is 13.7. The molecule has 1 saturated heterocycles. The lowest BCUT2D eigenvalue weighted by Gasteiger charge is -2.31. The van der Waals surface area contributed by atoms with E-state index < -0.39 is 12.3 Å². The lowest BCUT2D eigenvalue weighted by Crippen LogP contribution is -2.43. The largest absolute Gasteiger partial charge is 0.374 e. The van der Waals surface area contributed by atoms with Gasteiger partial charge in [0.2, 0.25) is 0 Å². The fourth-order valence-electron chi connectivity index (χ4n) is 3.94. The van der Waals surface area contributed by atoms with Crippen LogP contribution in [0.15, 0.2) is 87.8 Å². The van der Waals surface area contributed by atoms with Crippen LogP contribution in [0.25, 0.3) is 0 Å². The number of halogens is 2. The average Bonchev–Trinajstić information content (AvgIpc) is 3.06. The highest BCUT2D eigenvalue weighted by atomic mass is 79.9. The van der Waals surface area contributed by atoms with E-state index in [-0.39, 0.29) is 11.7 Å². The van der Waals surface area contributed by atoms with Gasteiger partial charge in [0, 0.05) is 32.5 Å². The molecule has 1 N–H and O–H groups in total. The number of aliphatic hydroxyl groups is 1. The van der Waals surface area contributed by atoms with Crippen molar-refractivity contribution in [3.63, 3.8) is 0 Å². The Morgan fingerprint density at radius 2 is 1.54 bits per heavy atom. The number of Topliss-reactive ketones (excluding diaryl/α,β-unsaturated/α-hetero) is 1. The van der Waals surface area contributed by atoms with E-state index in [1.54, 1.807) is 0 Å². The summed E-state index contributed by atoms with van der Waals surface area (Å²) in [6.07, 6.45) is -0.233. The quantitative estimate of drug-likeness (QED) is 0.462. The summed E-state index contributed by atoms with van der Waals surface area (Å²) in [6.45, 7) is 0. The normalized spacial score (nSPS) is 21.7. The predicted molar refractivity (Wildman–Crippen MR) is 119 cm³/mol. The molecule has 1 aliphatic rings. The van der Waals surface area contributed by atoms with Gasteiger partial charge in [-0.2, -0.15) is 0 Å². The van der Waals surface area contributed by atoms with Crippen LogP contribution in [0.2, 0.25) is 0 Å². The number of benzene rings is 3. The Kier molecular flexibility index (Phi) is 5.67. The molecule has 1 fully saturated rings. The van der Waals surface area contributed by atoms with Crippen molar-refractivity contribution in [2.24, 2.45) is 0 Å². The van der Waals surface area contributed by atoms with Crippen molar-refractivity contribution in [2.45, 2.75) is 24.6 Å². The number of anilines is 1. The van der Waals surface area contributed by atoms with Gasteiger partial charge in [-0.1, -0.05) is 80.4 Å². The second-order valence-corrected chi connectivity index (χ2v) is 8.68. The van der Waals surface area contributed by atoms with Crippen molar-refractivity contribution in [3.8, 4) is 0 Å². The first kappa shape index (κ1) is 19.4. The van der Waals surface area contributed by atoms with Gasteiger partial charge in [0.05, 0.1) is 0 Å². The Labute approximate surface area is 181 Å². The van der Waals surface area contributed by atoms with Crippen LogP contribution in [0, 0.1) is 0 Å². The van der Waals surface area contributed by atoms with E-state index in [0.717, 1.165) is 20.2 Å². The minimum atomic E-state index is -0.734. The van der Waals surface area contributed by atoms with Crippen LogP contribution in [0.5, 0.6) is 0 Å². The summed E-state index contributed by atoms with van der Waals surface area (Å²) in [4.78, 5) is 15.5. The van der Waals surface area contributed by atoms with Gasteiger partial charge >= 0.3 is 0 Å². The number of hydrogen-bond donors (Lipinski definition) is 1. The number of carbonyl (C=O) groups is 1. The zero-order chi connectivity index (χ0) is 19.7. The third kappa shape index (κ3) is 3.66. The van der Waals surface area contributed by atoms with Crippen molar-refractivity contribution in [1.29, 1.82) is 0 Å². The van der Waals surface area contributed by atoms with E-state index in [9.17, 15) is 9.90 Å². The second kappa shape index (κ2) is 8.19. The minimum Gasteiger partial charge on any atom is -0.374 e. The van der Waals surface area contributed by atoms with Gasteiger partial charge in [0.15, 0.2) is 5.78 Å². The van der Waals surface area contributed by atoms with Gasteiger partial charge in [0.25, 0.3) is 0 Å². The molecule has 0 saturated carbocycles. The van der Waals surface area contributed by atoms with E-state index in [0.29, 0.717) is 12.0 Å². The van der Waals surface area contributed by atoms with Gasteiger partial charge in [-0.05, 0) is 35.9 Å². The van der Waals surface area contributed by atoms with Gasteiger partial charge in [0.1, 0.15) is 12.3 Å². The highest BCUT2D eigenvalue weighted by molar-refractivity contribution is 9.10. The summed E-state index contributed by atoms with van der Waals surface area (Å²) in [7, 11) is 0. The minimum absolute atomic E-state index is 0.000738. The highest BCUT2D eigenvalue weighted by Crippen LogP contribution is 2.42. The Morgan fingerprint density at radius 1 is 0.893 bits per heavy atom. The van der Waals surface area contributed by atoms with Crippen LogP contribution < -0.4 is 4.90 Å². The van der Waals surface area contributed by atoms with Crippen LogP contribution in [0.3, 0.4) is 0 Å². The van der Waals surface area contributed by atoms with Crippen molar-refractivity contribution in [3.05, 3.63) is 98.9 Å². The number of aliphatic hydroxyl groups excluding tert-OH is 1. The zero-order valence-electron chi connectivity index (χ0n) is 15.0. The molecule has 0 radical (unpaired) electrons. The lowest BCUT2D eigenvalue weighted by atomic mass is 9.87. The van der Waals surface area contributed by atoms with Crippen molar-refractivity contribution < 1.29 is 9.90 Å². The molecule has 0 aliphatic carbocycles. The van der Waals surface area contributed by atoms with Crippen LogP contribution >= 0.6 is 31.9 Å². The molecule has 3 atom stereocenters. The van der Waals surface area contributed by atoms with E-state index in [2.05, 4.69) is 31.9 Å². The first-order valence-corrected chi connectivity index (χ1v) is 10.7. The molecule has 0 aromatic heterocycles. The molecule has 3 aromatic rings. The van der Waals surface area contributed by atoms with Crippen LogP contribution in [0.1, 0.15) is 28.3 Å². The average molecular weight is 501 g/mol. The van der Waals surface area contributed by atoms with Crippen LogP contribution in [-0.2, 0) is 0 Å². The molecule has 0 amide bonds. The molecule has 0 spiro atoms. The Bertz CT molecular complexity index is 975. The summed E-state index contributed by atoms with van der Waals surface area (Å²) >= 11 is 6.97. The molecule has 142 valence electrons. The Hall–Kier alpha value is -1.95. The molecule has 1 aliphatic heterocycles. The van der Waals surface area contributed by atoms with Gasteiger partial charge < -0.3 is 10.0 Å². The molecule has 5 heteroatoms. The standard InChI is InChI=1S/C23H19Br2NO2/c24-16-10-12-17(13-11-16)26-21(27)14-19(15-6-2-1-3-7-15)22(26)23(28)18-8-4-5-9-20(18)25/h1-13,19,21-22,27H,14H2/t19-,21+,22+/m0/s1. The Balaban J connectivity index is 1.81. The summed E-state index contributed by atoms with van der Waals surface area (Å²) in [5, 5.41) is 10.9. The highest BCUT2D eigenvalue weighted by Gasteiger charge is 2.45. The molecule has 4 rings (SSSR count). The van der Waals surface area contributed by atoms with Crippen molar-refractivity contribution >= 4 is 43.3 Å². The van der Waals surface area contributed by atoms with Crippen LogP contribution in [0.4, 0.5) is 5.69 Å². The Morgan fingerprint density at radius 3 is 2.21 bits per heavy atom. The molecule has 3 nitrogen and oxygen atoms in total. The van der Waals surface area contributed by atoms with E-state index in [4.69, 9.17) is 0 Å². The summed E-state index contributed by atoms with van der Waals surface area (Å²) < 4.78 is 1.72. The maximum Gasteiger partial charge on any atom is 0.187 e. The molecule has 0 unspecified atom stereocenters. The fraction of sp³-hybridized carbons (Fsp3) is 0.174.